The Kier molecular flexibility index (Phi) is 9.32. The zero-order valence-corrected chi connectivity index (χ0v) is 32.3. The minimum atomic E-state index is -1.09. The first-order valence-corrected chi connectivity index (χ1v) is 20.3. The zero-order chi connectivity index (χ0) is 40.4. The van der Waals surface area contributed by atoms with Gasteiger partial charge in [0.25, 0.3) is 11.8 Å². The average Bonchev–Trinajstić information content (AvgIpc) is 3.73. The predicted octanol–water partition coefficient (Wildman–Crippen LogP) is 4.40. The maximum Gasteiger partial charge on any atom is 0.262 e. The van der Waals surface area contributed by atoms with E-state index in [0.717, 1.165) is 96.6 Å². The Hall–Kier alpha value is -6.26. The van der Waals surface area contributed by atoms with Crippen LogP contribution in [0.4, 0.5) is 15.9 Å². The molecule has 4 fully saturated rings. The summed E-state index contributed by atoms with van der Waals surface area (Å²) in [5, 5.41) is 8.06. The van der Waals surface area contributed by atoms with Gasteiger partial charge in [0.15, 0.2) is 5.65 Å². The highest BCUT2D eigenvalue weighted by Crippen LogP contribution is 2.39. The number of piperidine rings is 1. The van der Waals surface area contributed by atoms with Crippen LogP contribution in [0.3, 0.4) is 0 Å². The van der Waals surface area contributed by atoms with Gasteiger partial charge in [0.2, 0.25) is 11.8 Å². The molecule has 5 aromatic rings. The fraction of sp³-hybridized carbons (Fsp3) is 0.372. The lowest BCUT2D eigenvalue weighted by atomic mass is 9.89. The molecule has 59 heavy (non-hydrogen) atoms. The van der Waals surface area contributed by atoms with Crippen molar-refractivity contribution in [2.75, 3.05) is 49.9 Å². The quantitative estimate of drug-likeness (QED) is 0.213. The number of nitrogen functional groups attached to an aromatic ring is 1. The number of carbonyl (C=O) groups is 4. The predicted molar refractivity (Wildman–Crippen MR) is 215 cm³/mol. The highest BCUT2D eigenvalue weighted by atomic mass is 19.1. The standard InChI is InChI=1S/C43H43FN10O5/c44-33-20-31-32(43(58)53(42(31)57)34-14-15-36(55)48-41(34)56)21-35(33)52-22-28(23-52)51-18-16-50(17-19-51)26-8-10-27(11-9-26)54-40-37(39(45)46-24-47-40)38(49-54)25-6-12-30(13-7-25)59-29-4-2-1-3-5-29/h1-7,12-13,20-21,24,26-28,34H,8-11,14-19,22-23H2,(H2,45,46,47)(H,48,55,56)/t26-,27-,34-/m0/s1. The van der Waals surface area contributed by atoms with Crippen molar-refractivity contribution in [1.29, 1.82) is 0 Å². The molecule has 10 rings (SSSR count). The monoisotopic (exact) mass is 798 g/mol. The maximum absolute atomic E-state index is 15.4. The van der Waals surface area contributed by atoms with Gasteiger partial charge in [-0.25, -0.2) is 19.0 Å². The van der Waals surface area contributed by atoms with E-state index in [0.29, 0.717) is 24.9 Å². The molecule has 16 heteroatoms. The largest absolute Gasteiger partial charge is 0.457 e. The molecule has 4 aliphatic heterocycles. The van der Waals surface area contributed by atoms with Crippen LogP contribution in [0.25, 0.3) is 22.3 Å². The van der Waals surface area contributed by atoms with Crippen LogP contribution >= 0.6 is 0 Å². The van der Waals surface area contributed by atoms with E-state index in [4.69, 9.17) is 15.6 Å². The molecular formula is C43H43FN10O5. The fourth-order valence-corrected chi connectivity index (χ4v) is 9.50. The number of imide groups is 2. The van der Waals surface area contributed by atoms with Crippen molar-refractivity contribution in [3.63, 3.8) is 0 Å². The van der Waals surface area contributed by atoms with Gasteiger partial charge in [0, 0.05) is 63.3 Å². The number of hydrogen-bond donors (Lipinski definition) is 2. The summed E-state index contributed by atoms with van der Waals surface area (Å²) in [5.41, 5.74) is 9.17. The molecule has 6 heterocycles. The summed E-state index contributed by atoms with van der Waals surface area (Å²) in [5.74, 6) is -1.16. The molecule has 4 amide bonds. The van der Waals surface area contributed by atoms with Crippen molar-refractivity contribution >= 4 is 46.2 Å². The van der Waals surface area contributed by atoms with E-state index in [1.807, 2.05) is 59.5 Å². The van der Waals surface area contributed by atoms with Crippen molar-refractivity contribution in [3.8, 4) is 22.8 Å². The van der Waals surface area contributed by atoms with Crippen molar-refractivity contribution in [2.24, 2.45) is 0 Å². The van der Waals surface area contributed by atoms with E-state index in [1.165, 1.54) is 12.4 Å². The van der Waals surface area contributed by atoms with Crippen molar-refractivity contribution in [2.45, 2.75) is 62.7 Å². The molecule has 0 bridgehead atoms. The van der Waals surface area contributed by atoms with E-state index in [-0.39, 0.29) is 41.7 Å². The van der Waals surface area contributed by atoms with Gasteiger partial charge < -0.3 is 15.4 Å². The molecule has 0 spiro atoms. The number of benzene rings is 3. The van der Waals surface area contributed by atoms with Crippen molar-refractivity contribution in [3.05, 3.63) is 90.0 Å². The Morgan fingerprint density at radius 1 is 0.746 bits per heavy atom. The number of anilines is 2. The summed E-state index contributed by atoms with van der Waals surface area (Å²) < 4.78 is 23.5. The van der Waals surface area contributed by atoms with Crippen LogP contribution in [0.5, 0.6) is 11.5 Å². The Morgan fingerprint density at radius 3 is 2.08 bits per heavy atom. The second-order valence-corrected chi connectivity index (χ2v) is 16.1. The first kappa shape index (κ1) is 37.0. The first-order chi connectivity index (χ1) is 28.7. The molecule has 2 aromatic heterocycles. The first-order valence-electron chi connectivity index (χ1n) is 20.3. The second-order valence-electron chi connectivity index (χ2n) is 16.1. The second kappa shape index (κ2) is 14.8. The summed E-state index contributed by atoms with van der Waals surface area (Å²) in [7, 11) is 0. The summed E-state index contributed by atoms with van der Waals surface area (Å²) in [6, 6.07) is 19.9. The molecule has 15 nitrogen and oxygen atoms in total. The number of halogens is 1. The lowest BCUT2D eigenvalue weighted by molar-refractivity contribution is -0.136. The van der Waals surface area contributed by atoms with Crippen molar-refractivity contribution in [1.82, 2.24) is 39.8 Å². The van der Waals surface area contributed by atoms with Crippen LogP contribution in [-0.2, 0) is 9.59 Å². The Bertz CT molecular complexity index is 2470. The smallest absolute Gasteiger partial charge is 0.262 e. The van der Waals surface area contributed by atoms with E-state index in [1.54, 1.807) is 0 Å². The number of hydrogen-bond acceptors (Lipinski definition) is 12. The van der Waals surface area contributed by atoms with Crippen LogP contribution < -0.4 is 20.7 Å². The molecule has 0 radical (unpaired) electrons. The molecule has 3 N–H and O–H groups in total. The van der Waals surface area contributed by atoms with E-state index in [9.17, 15) is 19.2 Å². The van der Waals surface area contributed by atoms with Gasteiger partial charge in [-0.1, -0.05) is 18.2 Å². The summed E-state index contributed by atoms with van der Waals surface area (Å²) in [6.45, 7) is 4.95. The molecule has 1 aliphatic carbocycles. The van der Waals surface area contributed by atoms with Gasteiger partial charge in [-0.15, -0.1) is 0 Å². The third-order valence-electron chi connectivity index (χ3n) is 12.7. The fourth-order valence-electron chi connectivity index (χ4n) is 9.50. The number of fused-ring (bicyclic) bond motifs is 2. The average molecular weight is 799 g/mol. The van der Waals surface area contributed by atoms with Crippen LogP contribution in [0.15, 0.2) is 73.1 Å². The van der Waals surface area contributed by atoms with Gasteiger partial charge in [0.05, 0.1) is 28.2 Å². The van der Waals surface area contributed by atoms with Gasteiger partial charge in [-0.05, 0) is 80.6 Å². The molecular weight excluding hydrogens is 756 g/mol. The zero-order valence-electron chi connectivity index (χ0n) is 32.3. The number of carbonyl (C=O) groups excluding carboxylic acids is 4. The Balaban J connectivity index is 0.740. The van der Waals surface area contributed by atoms with Crippen LogP contribution in [0.1, 0.15) is 65.3 Å². The van der Waals surface area contributed by atoms with Crippen LogP contribution in [0.2, 0.25) is 0 Å². The summed E-state index contributed by atoms with van der Waals surface area (Å²) in [6.07, 6.45) is 5.61. The SMILES string of the molecule is Nc1ncnc2c1c(-c1ccc(Oc3ccccc3)cc1)nn2[C@H]1CC[C@H](N2CCN(C3CN(c4cc5c(cc4F)C(=O)N([C@H]4CCC(=O)NC4=O)C5=O)C3)CC2)CC1. The number of piperazine rings is 1. The lowest BCUT2D eigenvalue weighted by Crippen LogP contribution is -2.64. The minimum Gasteiger partial charge on any atom is -0.457 e. The normalized spacial score (nSPS) is 23.1. The van der Waals surface area contributed by atoms with E-state index in [2.05, 4.69) is 29.8 Å². The number of ether oxygens (including phenoxy) is 1. The molecule has 1 saturated carbocycles. The Labute approximate surface area is 338 Å². The third kappa shape index (κ3) is 6.65. The third-order valence-corrected chi connectivity index (χ3v) is 12.7. The van der Waals surface area contributed by atoms with Gasteiger partial charge in [0.1, 0.15) is 41.2 Å². The van der Waals surface area contributed by atoms with E-state index >= 15 is 4.39 Å². The number of aromatic nitrogens is 4. The molecule has 3 saturated heterocycles. The number of amides is 4. The maximum atomic E-state index is 15.4. The van der Waals surface area contributed by atoms with Crippen LogP contribution in [0, 0.1) is 5.82 Å². The molecule has 5 aliphatic rings. The summed E-state index contributed by atoms with van der Waals surface area (Å²) >= 11 is 0. The number of para-hydroxylation sites is 1. The minimum absolute atomic E-state index is 0.0229. The molecule has 302 valence electrons. The topological polar surface area (TPSA) is 172 Å². The Morgan fingerprint density at radius 2 is 1.39 bits per heavy atom. The van der Waals surface area contributed by atoms with E-state index < -0.39 is 35.5 Å². The highest BCUT2D eigenvalue weighted by molar-refractivity contribution is 6.23. The van der Waals surface area contributed by atoms with Gasteiger partial charge in [-0.2, -0.15) is 5.10 Å². The van der Waals surface area contributed by atoms with Gasteiger partial charge >= 0.3 is 0 Å². The number of nitrogens with one attached hydrogen (secondary N) is 1. The number of rotatable bonds is 8. The van der Waals surface area contributed by atoms with Crippen molar-refractivity contribution < 1.29 is 28.3 Å². The lowest BCUT2D eigenvalue weighted by Gasteiger charge is -2.50. The van der Waals surface area contributed by atoms with Crippen LogP contribution in [-0.4, -0.2) is 115 Å². The summed E-state index contributed by atoms with van der Waals surface area (Å²) in [4.78, 5) is 67.3. The molecule has 0 unspecified atom stereocenters. The number of nitrogens with two attached hydrogens (primary N) is 1. The number of nitrogens with zero attached hydrogens (tertiary/aromatic N) is 8. The highest BCUT2D eigenvalue weighted by Gasteiger charge is 2.46. The molecule has 3 aromatic carbocycles. The molecule has 1 atom stereocenters. The van der Waals surface area contributed by atoms with Gasteiger partial charge in [-0.3, -0.25) is 39.2 Å².